The van der Waals surface area contributed by atoms with Gasteiger partial charge in [0.25, 0.3) is 0 Å². The summed E-state index contributed by atoms with van der Waals surface area (Å²) in [5.41, 5.74) is 0.241. The van der Waals surface area contributed by atoms with Gasteiger partial charge in [0, 0.05) is 6.42 Å². The van der Waals surface area contributed by atoms with Gasteiger partial charge in [-0.1, -0.05) is 30.3 Å². The molecule has 1 aromatic carbocycles. The molecule has 1 aromatic rings. The van der Waals surface area contributed by atoms with Gasteiger partial charge in [0.15, 0.2) is 5.78 Å². The predicted molar refractivity (Wildman–Crippen MR) is 93.3 cm³/mol. The quantitative estimate of drug-likeness (QED) is 0.590. The van der Waals surface area contributed by atoms with Crippen LogP contribution >= 0.6 is 0 Å². The first-order valence-electron chi connectivity index (χ1n) is 8.58. The fourth-order valence-electron chi connectivity index (χ4n) is 2.51. The molecule has 1 fully saturated rings. The van der Waals surface area contributed by atoms with E-state index in [1.807, 2.05) is 30.3 Å². The van der Waals surface area contributed by atoms with Gasteiger partial charge in [0.1, 0.15) is 17.6 Å². The molecule has 1 N–H and O–H groups in total. The minimum atomic E-state index is -0.982. The maximum atomic E-state index is 12.6. The van der Waals surface area contributed by atoms with Crippen molar-refractivity contribution in [1.29, 1.82) is 0 Å². The Balaban J connectivity index is 1.99. The number of nitrogens with one attached hydrogen (secondary N) is 1. The zero-order valence-electron chi connectivity index (χ0n) is 15.3. The van der Waals surface area contributed by atoms with E-state index < -0.39 is 35.4 Å². The predicted octanol–water partition coefficient (Wildman–Crippen LogP) is 2.23. The number of ketones is 1. The number of rotatable bonds is 7. The average Bonchev–Trinajstić information content (AvgIpc) is 2.98. The molecule has 0 saturated carbocycles. The Kier molecular flexibility index (Phi) is 6.74. The number of carbonyl (C=O) groups excluding carboxylic acids is 3. The van der Waals surface area contributed by atoms with Crippen LogP contribution in [0.1, 0.15) is 32.8 Å². The molecule has 7 heteroatoms. The van der Waals surface area contributed by atoms with Crippen molar-refractivity contribution < 1.29 is 28.6 Å². The maximum Gasteiger partial charge on any atom is 0.408 e. The SMILES string of the molecule is CC(C)(C)OC(=O)N[C@@H](COCc1ccccc1)C(=O)C1CCOC1=O. The molecule has 26 heavy (non-hydrogen) atoms. The Morgan fingerprint density at radius 3 is 2.54 bits per heavy atom. The highest BCUT2D eigenvalue weighted by Crippen LogP contribution is 2.18. The lowest BCUT2D eigenvalue weighted by atomic mass is 9.97. The molecule has 7 nitrogen and oxygen atoms in total. The molecule has 2 atom stereocenters. The van der Waals surface area contributed by atoms with Gasteiger partial charge >= 0.3 is 12.1 Å². The number of benzene rings is 1. The Labute approximate surface area is 153 Å². The molecule has 0 aromatic heterocycles. The Morgan fingerprint density at radius 2 is 1.96 bits per heavy atom. The minimum Gasteiger partial charge on any atom is -0.465 e. The topological polar surface area (TPSA) is 90.9 Å². The summed E-state index contributed by atoms with van der Waals surface area (Å²) in [5, 5.41) is 2.51. The minimum absolute atomic E-state index is 0.0588. The number of hydrogen-bond acceptors (Lipinski definition) is 6. The second-order valence-electron chi connectivity index (χ2n) is 7.11. The number of cyclic esters (lactones) is 1. The molecule has 2 rings (SSSR count). The van der Waals surface area contributed by atoms with E-state index in [0.29, 0.717) is 6.42 Å². The summed E-state index contributed by atoms with van der Waals surface area (Å²) < 4.78 is 15.6. The summed E-state index contributed by atoms with van der Waals surface area (Å²) in [6.07, 6.45) is -0.423. The van der Waals surface area contributed by atoms with Crippen molar-refractivity contribution in [2.75, 3.05) is 13.2 Å². The van der Waals surface area contributed by atoms with Crippen LogP contribution in [0, 0.1) is 5.92 Å². The van der Waals surface area contributed by atoms with Gasteiger partial charge < -0.3 is 19.5 Å². The van der Waals surface area contributed by atoms with Crippen molar-refractivity contribution >= 4 is 17.8 Å². The normalized spacial score (nSPS) is 18.1. The number of Topliss-reactive ketones (excluding diaryl/α,β-unsaturated/α-hetero) is 1. The first kappa shape index (κ1) is 19.9. The second-order valence-corrected chi connectivity index (χ2v) is 7.11. The fourth-order valence-corrected chi connectivity index (χ4v) is 2.51. The van der Waals surface area contributed by atoms with Crippen LogP contribution in [-0.4, -0.2) is 42.7 Å². The second kappa shape index (κ2) is 8.80. The van der Waals surface area contributed by atoms with Gasteiger partial charge in [0.2, 0.25) is 0 Å². The van der Waals surface area contributed by atoms with Crippen molar-refractivity contribution in [2.24, 2.45) is 5.92 Å². The molecule has 1 aliphatic heterocycles. The van der Waals surface area contributed by atoms with Crippen LogP contribution in [0.3, 0.4) is 0 Å². The summed E-state index contributed by atoms with van der Waals surface area (Å²) >= 11 is 0. The van der Waals surface area contributed by atoms with E-state index in [1.54, 1.807) is 20.8 Å². The Hall–Kier alpha value is -2.41. The lowest BCUT2D eigenvalue weighted by molar-refractivity contribution is -0.145. The third-order valence-corrected chi connectivity index (χ3v) is 3.71. The summed E-state index contributed by atoms with van der Waals surface area (Å²) in [6.45, 7) is 5.61. The molecule has 1 unspecified atom stereocenters. The summed E-state index contributed by atoms with van der Waals surface area (Å²) in [4.78, 5) is 36.4. The average molecular weight is 363 g/mol. The van der Waals surface area contributed by atoms with Gasteiger partial charge in [-0.15, -0.1) is 0 Å². The smallest absolute Gasteiger partial charge is 0.408 e. The van der Waals surface area contributed by atoms with E-state index in [4.69, 9.17) is 14.2 Å². The Bertz CT molecular complexity index is 637. The third kappa shape index (κ3) is 6.15. The fraction of sp³-hybridized carbons (Fsp3) is 0.526. The van der Waals surface area contributed by atoms with Crippen LogP contribution in [0.15, 0.2) is 30.3 Å². The van der Waals surface area contributed by atoms with E-state index >= 15 is 0 Å². The number of amides is 1. The lowest BCUT2D eigenvalue weighted by Crippen LogP contribution is -2.48. The molecule has 1 heterocycles. The molecule has 0 radical (unpaired) electrons. The van der Waals surface area contributed by atoms with E-state index in [-0.39, 0.29) is 19.8 Å². The number of hydrogen-bond donors (Lipinski definition) is 1. The van der Waals surface area contributed by atoms with E-state index in [9.17, 15) is 14.4 Å². The molecule has 0 spiro atoms. The molecular weight excluding hydrogens is 338 g/mol. The molecule has 1 saturated heterocycles. The van der Waals surface area contributed by atoms with Crippen molar-refractivity contribution in [3.8, 4) is 0 Å². The lowest BCUT2D eigenvalue weighted by Gasteiger charge is -2.24. The zero-order chi connectivity index (χ0) is 19.2. The first-order chi connectivity index (χ1) is 12.3. The standard InChI is InChI=1S/C19H25NO6/c1-19(2,3)26-18(23)20-15(16(21)14-9-10-25-17(14)22)12-24-11-13-7-5-4-6-8-13/h4-8,14-15H,9-12H2,1-3H3,(H,20,23)/t14?,15-/m0/s1. The van der Waals surface area contributed by atoms with Gasteiger partial charge in [-0.2, -0.15) is 0 Å². The van der Waals surface area contributed by atoms with E-state index in [0.717, 1.165) is 5.56 Å². The number of alkyl carbamates (subject to hydrolysis) is 1. The van der Waals surface area contributed by atoms with Crippen LogP contribution in [0.4, 0.5) is 4.79 Å². The Morgan fingerprint density at radius 1 is 1.27 bits per heavy atom. The van der Waals surface area contributed by atoms with Crippen LogP contribution in [-0.2, 0) is 30.4 Å². The highest BCUT2D eigenvalue weighted by Gasteiger charge is 2.38. The summed E-state index contributed by atoms with van der Waals surface area (Å²) in [7, 11) is 0. The van der Waals surface area contributed by atoms with Crippen LogP contribution < -0.4 is 5.32 Å². The van der Waals surface area contributed by atoms with Gasteiger partial charge in [-0.05, 0) is 26.3 Å². The van der Waals surface area contributed by atoms with Gasteiger partial charge in [0.05, 0.1) is 19.8 Å². The monoisotopic (exact) mass is 363 g/mol. The van der Waals surface area contributed by atoms with Crippen molar-refractivity contribution in [2.45, 2.75) is 45.4 Å². The number of ether oxygens (including phenoxy) is 3. The van der Waals surface area contributed by atoms with Crippen LogP contribution in [0.25, 0.3) is 0 Å². The van der Waals surface area contributed by atoms with E-state index in [1.165, 1.54) is 0 Å². The molecule has 142 valence electrons. The molecule has 1 amide bonds. The zero-order valence-corrected chi connectivity index (χ0v) is 15.3. The van der Waals surface area contributed by atoms with Gasteiger partial charge in [-0.25, -0.2) is 4.79 Å². The summed E-state index contributed by atoms with van der Waals surface area (Å²) in [5.74, 6) is -1.87. The molecular formula is C19H25NO6. The highest BCUT2D eigenvalue weighted by atomic mass is 16.6. The van der Waals surface area contributed by atoms with Crippen molar-refractivity contribution in [3.05, 3.63) is 35.9 Å². The third-order valence-electron chi connectivity index (χ3n) is 3.71. The van der Waals surface area contributed by atoms with Crippen molar-refractivity contribution in [1.82, 2.24) is 5.32 Å². The number of carbonyl (C=O) groups is 3. The van der Waals surface area contributed by atoms with Gasteiger partial charge in [-0.3, -0.25) is 9.59 Å². The largest absolute Gasteiger partial charge is 0.465 e. The van der Waals surface area contributed by atoms with Crippen LogP contribution in [0.5, 0.6) is 0 Å². The highest BCUT2D eigenvalue weighted by molar-refractivity contribution is 6.03. The van der Waals surface area contributed by atoms with Crippen LogP contribution in [0.2, 0.25) is 0 Å². The van der Waals surface area contributed by atoms with E-state index in [2.05, 4.69) is 5.32 Å². The number of esters is 1. The molecule has 0 bridgehead atoms. The molecule has 1 aliphatic rings. The summed E-state index contributed by atoms with van der Waals surface area (Å²) in [6, 6.07) is 8.47. The van der Waals surface area contributed by atoms with Crippen molar-refractivity contribution in [3.63, 3.8) is 0 Å². The first-order valence-corrected chi connectivity index (χ1v) is 8.58. The maximum absolute atomic E-state index is 12.6. The molecule has 0 aliphatic carbocycles.